The fraction of sp³-hybridized carbons (Fsp3) is 0.435. The van der Waals surface area contributed by atoms with E-state index in [2.05, 4.69) is 10.2 Å². The molecular formula is C23H27N5O4S. The average Bonchev–Trinajstić information content (AvgIpc) is 3.18. The van der Waals surface area contributed by atoms with Gasteiger partial charge in [0.1, 0.15) is 17.2 Å². The number of carbonyl (C=O) groups excluding carboxylic acids is 1. The highest BCUT2D eigenvalue weighted by molar-refractivity contribution is 7.18. The van der Waals surface area contributed by atoms with Crippen LogP contribution in [0.2, 0.25) is 0 Å². The van der Waals surface area contributed by atoms with Crippen LogP contribution in [0.15, 0.2) is 29.1 Å². The van der Waals surface area contributed by atoms with E-state index in [1.807, 2.05) is 13.8 Å². The van der Waals surface area contributed by atoms with Crippen LogP contribution >= 0.6 is 11.3 Å². The van der Waals surface area contributed by atoms with Crippen molar-refractivity contribution in [2.24, 2.45) is 0 Å². The molecule has 1 aliphatic carbocycles. The van der Waals surface area contributed by atoms with E-state index in [-0.39, 0.29) is 17.8 Å². The summed E-state index contributed by atoms with van der Waals surface area (Å²) >= 11 is 1.60. The fourth-order valence-corrected chi connectivity index (χ4v) is 5.52. The molecule has 0 saturated heterocycles. The molecule has 0 fully saturated rings. The molecule has 0 unspecified atom stereocenters. The number of carbonyl (C=O) groups is 1. The van der Waals surface area contributed by atoms with E-state index in [0.717, 1.165) is 49.2 Å². The molecule has 0 atom stereocenters. The Morgan fingerprint density at radius 2 is 2.03 bits per heavy atom. The number of rotatable bonds is 8. The predicted octanol–water partition coefficient (Wildman–Crippen LogP) is 3.73. The lowest BCUT2D eigenvalue weighted by Crippen LogP contribution is -2.34. The first-order valence-electron chi connectivity index (χ1n) is 11.2. The third kappa shape index (κ3) is 4.81. The van der Waals surface area contributed by atoms with E-state index in [1.165, 1.54) is 27.6 Å². The van der Waals surface area contributed by atoms with E-state index in [9.17, 15) is 19.7 Å². The van der Waals surface area contributed by atoms with E-state index < -0.39 is 10.8 Å². The highest BCUT2D eigenvalue weighted by Gasteiger charge is 2.23. The van der Waals surface area contributed by atoms with Crippen LogP contribution < -0.4 is 10.9 Å². The van der Waals surface area contributed by atoms with Crippen molar-refractivity contribution >= 4 is 38.8 Å². The first-order chi connectivity index (χ1) is 15.9. The van der Waals surface area contributed by atoms with Crippen molar-refractivity contribution in [1.82, 2.24) is 14.5 Å². The zero-order chi connectivity index (χ0) is 23.5. The third-order valence-corrected chi connectivity index (χ3v) is 7.24. The van der Waals surface area contributed by atoms with Gasteiger partial charge in [-0.1, -0.05) is 19.9 Å². The number of nitro benzene ring substituents is 1. The number of aromatic nitrogens is 2. The van der Waals surface area contributed by atoms with Gasteiger partial charge in [-0.3, -0.25) is 29.2 Å². The SMILES string of the molecule is CCN(CC)Cc1nc2sc3c(c2c(=O)n1CC(=O)Nc1cccc([N+](=O)[O-])c1)CCCC3. The molecule has 0 saturated carbocycles. The first-order valence-corrected chi connectivity index (χ1v) is 12.0. The van der Waals surface area contributed by atoms with Gasteiger partial charge in [0, 0.05) is 22.7 Å². The van der Waals surface area contributed by atoms with Gasteiger partial charge in [0.2, 0.25) is 5.91 Å². The average molecular weight is 470 g/mol. The molecule has 3 aromatic rings. The minimum atomic E-state index is -0.514. The summed E-state index contributed by atoms with van der Waals surface area (Å²) in [5.74, 6) is 0.132. The predicted molar refractivity (Wildman–Crippen MR) is 129 cm³/mol. The van der Waals surface area contributed by atoms with E-state index in [0.29, 0.717) is 23.4 Å². The van der Waals surface area contributed by atoms with Gasteiger partial charge in [-0.25, -0.2) is 4.98 Å². The number of thiophene rings is 1. The van der Waals surface area contributed by atoms with Crippen LogP contribution in [0.4, 0.5) is 11.4 Å². The molecule has 174 valence electrons. The Kier molecular flexibility index (Phi) is 6.85. The molecule has 9 nitrogen and oxygen atoms in total. The quantitative estimate of drug-likeness (QED) is 0.398. The maximum absolute atomic E-state index is 13.6. The van der Waals surface area contributed by atoms with E-state index >= 15 is 0 Å². The van der Waals surface area contributed by atoms with Gasteiger partial charge in [-0.15, -0.1) is 11.3 Å². The Morgan fingerprint density at radius 3 is 2.76 bits per heavy atom. The Balaban J connectivity index is 1.71. The van der Waals surface area contributed by atoms with Gasteiger partial charge in [-0.2, -0.15) is 0 Å². The number of nitro groups is 1. The monoisotopic (exact) mass is 469 g/mol. The largest absolute Gasteiger partial charge is 0.324 e. The van der Waals surface area contributed by atoms with Crippen molar-refractivity contribution in [2.45, 2.75) is 52.6 Å². The van der Waals surface area contributed by atoms with Crippen LogP contribution in [0.25, 0.3) is 10.2 Å². The summed E-state index contributed by atoms with van der Waals surface area (Å²) in [4.78, 5) is 46.0. The summed E-state index contributed by atoms with van der Waals surface area (Å²) in [6, 6.07) is 5.76. The van der Waals surface area contributed by atoms with Gasteiger partial charge in [0.15, 0.2) is 0 Å². The lowest BCUT2D eigenvalue weighted by Gasteiger charge is -2.20. The maximum atomic E-state index is 13.6. The normalized spacial score (nSPS) is 13.3. The number of aryl methyl sites for hydroxylation is 2. The number of anilines is 1. The van der Waals surface area contributed by atoms with Crippen LogP contribution in [0, 0.1) is 10.1 Å². The highest BCUT2D eigenvalue weighted by atomic mass is 32.1. The summed E-state index contributed by atoms with van der Waals surface area (Å²) in [7, 11) is 0. The van der Waals surface area contributed by atoms with Crippen molar-refractivity contribution in [1.29, 1.82) is 0 Å². The van der Waals surface area contributed by atoms with Crippen LogP contribution in [0.1, 0.15) is 43.0 Å². The van der Waals surface area contributed by atoms with Crippen molar-refractivity contribution in [3.05, 3.63) is 61.0 Å². The molecule has 2 heterocycles. The van der Waals surface area contributed by atoms with Crippen molar-refractivity contribution in [3.8, 4) is 0 Å². The van der Waals surface area contributed by atoms with Crippen LogP contribution in [-0.4, -0.2) is 38.4 Å². The Hall–Kier alpha value is -3.11. The number of non-ortho nitro benzene ring substituents is 1. The number of nitrogens with zero attached hydrogens (tertiary/aromatic N) is 4. The molecule has 1 amide bonds. The van der Waals surface area contributed by atoms with Crippen molar-refractivity contribution in [3.63, 3.8) is 0 Å². The molecule has 1 aromatic carbocycles. The molecule has 4 rings (SSSR count). The summed E-state index contributed by atoms with van der Waals surface area (Å²) < 4.78 is 1.47. The molecule has 0 radical (unpaired) electrons. The van der Waals surface area contributed by atoms with Gasteiger partial charge in [0.05, 0.1) is 16.9 Å². The number of fused-ring (bicyclic) bond motifs is 3. The van der Waals surface area contributed by atoms with Gasteiger partial charge in [-0.05, 0) is 50.4 Å². The highest BCUT2D eigenvalue weighted by Crippen LogP contribution is 2.34. The van der Waals surface area contributed by atoms with Crippen LogP contribution in [0.3, 0.4) is 0 Å². The van der Waals surface area contributed by atoms with E-state index in [4.69, 9.17) is 4.98 Å². The fourth-order valence-electron chi connectivity index (χ4n) is 4.25. The number of amides is 1. The molecule has 10 heteroatoms. The number of benzene rings is 1. The zero-order valence-electron chi connectivity index (χ0n) is 18.8. The summed E-state index contributed by atoms with van der Waals surface area (Å²) in [6.45, 7) is 5.94. The third-order valence-electron chi connectivity index (χ3n) is 6.06. The zero-order valence-corrected chi connectivity index (χ0v) is 19.6. The molecule has 0 spiro atoms. The second-order valence-corrected chi connectivity index (χ2v) is 9.21. The lowest BCUT2D eigenvalue weighted by atomic mass is 9.97. The molecule has 1 aliphatic rings. The summed E-state index contributed by atoms with van der Waals surface area (Å²) in [6.07, 6.45) is 3.99. The van der Waals surface area contributed by atoms with Crippen LogP contribution in [0.5, 0.6) is 0 Å². The van der Waals surface area contributed by atoms with Gasteiger partial charge in [0.25, 0.3) is 11.2 Å². The number of hydrogen-bond donors (Lipinski definition) is 1. The summed E-state index contributed by atoms with van der Waals surface area (Å²) in [5.41, 5.74) is 1.10. The topological polar surface area (TPSA) is 110 Å². The Morgan fingerprint density at radius 1 is 1.27 bits per heavy atom. The van der Waals surface area contributed by atoms with E-state index in [1.54, 1.807) is 17.4 Å². The van der Waals surface area contributed by atoms with Crippen molar-refractivity contribution < 1.29 is 9.72 Å². The smallest absolute Gasteiger partial charge is 0.271 e. The van der Waals surface area contributed by atoms with Gasteiger partial charge < -0.3 is 5.32 Å². The molecule has 1 N–H and O–H groups in total. The Labute approximate surface area is 195 Å². The standard InChI is InChI=1S/C23H27N5O4S/c1-3-26(4-2)13-19-25-22-21(17-10-5-6-11-18(17)33-22)23(30)27(19)14-20(29)24-15-8-7-9-16(12-15)28(31)32/h7-9,12H,3-6,10-11,13-14H2,1-2H3,(H,24,29). The Bertz CT molecular complexity index is 1260. The minimum Gasteiger partial charge on any atom is -0.324 e. The van der Waals surface area contributed by atoms with Crippen molar-refractivity contribution in [2.75, 3.05) is 18.4 Å². The first kappa shape index (κ1) is 23.1. The number of hydrogen-bond acceptors (Lipinski definition) is 7. The molecule has 2 aromatic heterocycles. The molecule has 0 bridgehead atoms. The van der Waals surface area contributed by atoms with Gasteiger partial charge >= 0.3 is 0 Å². The molecular weight excluding hydrogens is 442 g/mol. The maximum Gasteiger partial charge on any atom is 0.271 e. The van der Waals surface area contributed by atoms with Crippen LogP contribution in [-0.2, 0) is 30.7 Å². The lowest BCUT2D eigenvalue weighted by molar-refractivity contribution is -0.384. The molecule has 0 aliphatic heterocycles. The molecule has 33 heavy (non-hydrogen) atoms. The number of nitrogens with one attached hydrogen (secondary N) is 1. The summed E-state index contributed by atoms with van der Waals surface area (Å²) in [5, 5.41) is 14.4. The second-order valence-electron chi connectivity index (χ2n) is 8.13. The minimum absolute atomic E-state index is 0.111. The second kappa shape index (κ2) is 9.80.